The van der Waals surface area contributed by atoms with Crippen molar-refractivity contribution in [3.05, 3.63) is 83.4 Å². The molecule has 0 bridgehead atoms. The van der Waals surface area contributed by atoms with E-state index in [4.69, 9.17) is 26.3 Å². The summed E-state index contributed by atoms with van der Waals surface area (Å²) in [4.78, 5) is 11.6. The van der Waals surface area contributed by atoms with Crippen LogP contribution in [-0.4, -0.2) is 36.1 Å². The maximum atomic E-state index is 5.98. The van der Waals surface area contributed by atoms with Gasteiger partial charge < -0.3 is 20.3 Å². The molecule has 0 spiro atoms. The summed E-state index contributed by atoms with van der Waals surface area (Å²) in [6, 6.07) is 24.7. The molecule has 0 saturated heterocycles. The van der Waals surface area contributed by atoms with Crippen molar-refractivity contribution in [3.63, 3.8) is 0 Å². The average Bonchev–Trinajstić information content (AvgIpc) is 2.89. The summed E-state index contributed by atoms with van der Waals surface area (Å²) in [6.45, 7) is 0.820. The highest BCUT2D eigenvalue weighted by atomic mass is 35.5. The van der Waals surface area contributed by atoms with Crippen LogP contribution in [0.3, 0.4) is 0 Å². The zero-order valence-corrected chi connectivity index (χ0v) is 21.5. The van der Waals surface area contributed by atoms with Crippen LogP contribution in [0.5, 0.6) is 11.5 Å². The van der Waals surface area contributed by atoms with Gasteiger partial charge in [-0.05, 0) is 79.8 Å². The van der Waals surface area contributed by atoms with Crippen LogP contribution in [0.15, 0.2) is 72.8 Å². The van der Waals surface area contributed by atoms with Crippen molar-refractivity contribution in [2.75, 3.05) is 24.3 Å². The fourth-order valence-electron chi connectivity index (χ4n) is 4.71. The number of para-hydroxylation sites is 1. The van der Waals surface area contributed by atoms with Gasteiger partial charge in [-0.1, -0.05) is 35.9 Å². The molecular weight excluding hydrogens is 470 g/mol. The fraction of sp³-hybridized carbons (Fsp3) is 0.310. The van der Waals surface area contributed by atoms with Gasteiger partial charge >= 0.3 is 0 Å². The van der Waals surface area contributed by atoms with Gasteiger partial charge in [0.1, 0.15) is 17.3 Å². The van der Waals surface area contributed by atoms with Crippen LogP contribution in [0.2, 0.25) is 5.02 Å². The van der Waals surface area contributed by atoms with E-state index < -0.39 is 0 Å². The third-order valence-electron chi connectivity index (χ3n) is 6.61. The molecule has 0 amide bonds. The van der Waals surface area contributed by atoms with Gasteiger partial charge in [-0.3, -0.25) is 0 Å². The highest BCUT2D eigenvalue weighted by molar-refractivity contribution is 6.30. The first-order chi connectivity index (χ1) is 17.5. The van der Waals surface area contributed by atoms with Gasteiger partial charge in [0.25, 0.3) is 0 Å². The first-order valence-corrected chi connectivity index (χ1v) is 12.9. The minimum Gasteiger partial charge on any atom is -0.457 e. The standard InChI is InChI=1S/C29H32ClN5O/c1-35(2)28-26-8-3-4-9-27(26)33-29(34-28)32-23-14-12-22(13-15-23)31-19-20-6-5-7-25(18-20)36-24-16-10-21(30)11-17-24/h3-11,16-18,22-23,31H,12-15,19H2,1-2H3,(H,32,33,34)/t22-,23+. The summed E-state index contributed by atoms with van der Waals surface area (Å²) in [5, 5.41) is 9.10. The molecule has 6 nitrogen and oxygen atoms in total. The Hall–Kier alpha value is -3.35. The molecule has 1 aliphatic carbocycles. The van der Waals surface area contributed by atoms with Gasteiger partial charge in [-0.25, -0.2) is 4.98 Å². The van der Waals surface area contributed by atoms with Gasteiger partial charge in [0, 0.05) is 43.1 Å². The zero-order valence-electron chi connectivity index (χ0n) is 20.7. The minimum atomic E-state index is 0.385. The molecule has 1 aliphatic rings. The van der Waals surface area contributed by atoms with Crippen LogP contribution >= 0.6 is 11.6 Å². The third kappa shape index (κ3) is 6.07. The highest BCUT2D eigenvalue weighted by Gasteiger charge is 2.22. The maximum absolute atomic E-state index is 5.98. The van der Waals surface area contributed by atoms with Crippen LogP contribution in [0.4, 0.5) is 11.8 Å². The number of nitrogens with zero attached hydrogens (tertiary/aromatic N) is 3. The van der Waals surface area contributed by atoms with Gasteiger partial charge in [-0.15, -0.1) is 0 Å². The molecule has 0 radical (unpaired) electrons. The van der Waals surface area contributed by atoms with Gasteiger partial charge in [0.2, 0.25) is 5.95 Å². The summed E-state index contributed by atoms with van der Waals surface area (Å²) in [5.41, 5.74) is 2.18. The number of ether oxygens (including phenoxy) is 1. The number of halogens is 1. The van der Waals surface area contributed by atoms with Crippen molar-refractivity contribution in [3.8, 4) is 11.5 Å². The minimum absolute atomic E-state index is 0.385. The predicted molar refractivity (Wildman–Crippen MR) is 148 cm³/mol. The first kappa shape index (κ1) is 24.3. The topological polar surface area (TPSA) is 62.3 Å². The molecule has 0 unspecified atom stereocenters. The largest absolute Gasteiger partial charge is 0.457 e. The van der Waals surface area contributed by atoms with Crippen molar-refractivity contribution in [1.29, 1.82) is 0 Å². The molecule has 7 heteroatoms. The highest BCUT2D eigenvalue weighted by Crippen LogP contribution is 2.27. The molecule has 36 heavy (non-hydrogen) atoms. The molecule has 3 aromatic carbocycles. The average molecular weight is 502 g/mol. The van der Waals surface area contributed by atoms with E-state index in [9.17, 15) is 0 Å². The third-order valence-corrected chi connectivity index (χ3v) is 6.86. The second-order valence-electron chi connectivity index (χ2n) is 9.56. The Morgan fingerprint density at radius 2 is 1.61 bits per heavy atom. The summed E-state index contributed by atoms with van der Waals surface area (Å²) >= 11 is 5.97. The molecule has 2 N–H and O–H groups in total. The number of hydrogen-bond acceptors (Lipinski definition) is 6. The van der Waals surface area contributed by atoms with E-state index in [1.165, 1.54) is 5.56 Å². The smallest absolute Gasteiger partial charge is 0.225 e. The normalized spacial score (nSPS) is 17.6. The first-order valence-electron chi connectivity index (χ1n) is 12.5. The van der Waals surface area contributed by atoms with Gasteiger partial charge in [0.05, 0.1) is 5.52 Å². The monoisotopic (exact) mass is 501 g/mol. The number of fused-ring (bicyclic) bond motifs is 1. The van der Waals surface area contributed by atoms with E-state index in [-0.39, 0.29) is 0 Å². The summed E-state index contributed by atoms with van der Waals surface area (Å²) in [7, 11) is 4.05. The lowest BCUT2D eigenvalue weighted by Gasteiger charge is -2.30. The van der Waals surface area contributed by atoms with Crippen LogP contribution in [0.25, 0.3) is 10.9 Å². The number of hydrogen-bond donors (Lipinski definition) is 2. The lowest BCUT2D eigenvalue weighted by molar-refractivity contribution is 0.352. The molecule has 5 rings (SSSR count). The maximum Gasteiger partial charge on any atom is 0.225 e. The van der Waals surface area contributed by atoms with Gasteiger partial charge in [0.15, 0.2) is 0 Å². The van der Waals surface area contributed by atoms with Crippen molar-refractivity contribution in [2.24, 2.45) is 0 Å². The summed E-state index contributed by atoms with van der Waals surface area (Å²) in [5.74, 6) is 3.27. The molecule has 4 aromatic rings. The Morgan fingerprint density at radius 3 is 2.39 bits per heavy atom. The van der Waals surface area contributed by atoms with Crippen molar-refractivity contribution < 1.29 is 4.74 Å². The molecular formula is C29H32ClN5O. The molecule has 0 atom stereocenters. The van der Waals surface area contributed by atoms with Gasteiger partial charge in [-0.2, -0.15) is 4.98 Å². The molecule has 1 fully saturated rings. The Balaban J connectivity index is 1.13. The SMILES string of the molecule is CN(C)c1nc(N[C@H]2CC[C@@H](NCc3cccc(Oc4ccc(Cl)cc4)c3)CC2)nc2ccccc12. The lowest BCUT2D eigenvalue weighted by atomic mass is 9.91. The molecule has 1 saturated carbocycles. The number of benzene rings is 3. The Bertz CT molecular complexity index is 1300. The van der Waals surface area contributed by atoms with Crippen LogP contribution in [-0.2, 0) is 6.54 Å². The molecule has 1 heterocycles. The number of rotatable bonds is 8. The molecule has 186 valence electrons. The second-order valence-corrected chi connectivity index (χ2v) is 10.00. The fourth-order valence-corrected chi connectivity index (χ4v) is 4.84. The van der Waals surface area contributed by atoms with E-state index in [0.29, 0.717) is 23.1 Å². The number of anilines is 2. The second kappa shape index (κ2) is 11.1. The van der Waals surface area contributed by atoms with Crippen molar-refractivity contribution in [2.45, 2.75) is 44.3 Å². The zero-order chi connectivity index (χ0) is 24.9. The van der Waals surface area contributed by atoms with Crippen molar-refractivity contribution in [1.82, 2.24) is 15.3 Å². The Morgan fingerprint density at radius 1 is 0.861 bits per heavy atom. The van der Waals surface area contributed by atoms with Crippen molar-refractivity contribution >= 4 is 34.3 Å². The van der Waals surface area contributed by atoms with Crippen LogP contribution in [0.1, 0.15) is 31.2 Å². The molecule has 1 aromatic heterocycles. The summed E-state index contributed by atoms with van der Waals surface area (Å²) in [6.07, 6.45) is 4.41. The molecule has 0 aliphatic heterocycles. The lowest BCUT2D eigenvalue weighted by Crippen LogP contribution is -2.37. The van der Waals surface area contributed by atoms with Crippen LogP contribution < -0.4 is 20.3 Å². The van der Waals surface area contributed by atoms with E-state index in [1.807, 2.05) is 73.6 Å². The Labute approximate surface area is 217 Å². The van der Waals surface area contributed by atoms with E-state index in [1.54, 1.807) is 0 Å². The van der Waals surface area contributed by atoms with Crippen LogP contribution in [0, 0.1) is 0 Å². The Kier molecular flexibility index (Phi) is 7.54. The van der Waals surface area contributed by atoms with E-state index in [0.717, 1.165) is 60.4 Å². The quantitative estimate of drug-likeness (QED) is 0.281. The van der Waals surface area contributed by atoms with E-state index >= 15 is 0 Å². The number of aromatic nitrogens is 2. The predicted octanol–water partition coefficient (Wildman–Crippen LogP) is 6.65. The summed E-state index contributed by atoms with van der Waals surface area (Å²) < 4.78 is 5.98. The van der Waals surface area contributed by atoms with E-state index in [2.05, 4.69) is 28.8 Å². The number of nitrogens with one attached hydrogen (secondary N) is 2.